The molecule has 2 atom stereocenters. The van der Waals surface area contributed by atoms with Crippen LogP contribution < -0.4 is 5.73 Å². The van der Waals surface area contributed by atoms with Gasteiger partial charge < -0.3 is 15.6 Å². The van der Waals surface area contributed by atoms with Crippen molar-refractivity contribution in [3.05, 3.63) is 65.5 Å². The molecule has 3 rings (SSSR count). The molecule has 120 valence electrons. The van der Waals surface area contributed by atoms with E-state index < -0.39 is 17.4 Å². The number of carbonyl (C=O) groups is 1. The number of primary amides is 1. The number of halogens is 1. The third kappa shape index (κ3) is 2.68. The Kier molecular flexibility index (Phi) is 4.05. The lowest BCUT2D eigenvalue weighted by Gasteiger charge is -2.43. The number of benzene rings is 2. The molecule has 23 heavy (non-hydrogen) atoms. The van der Waals surface area contributed by atoms with E-state index in [1.165, 1.54) is 24.3 Å². The zero-order chi connectivity index (χ0) is 16.4. The number of hydrogen-bond donors (Lipinski definition) is 2. The van der Waals surface area contributed by atoms with Crippen molar-refractivity contribution in [3.63, 3.8) is 0 Å². The van der Waals surface area contributed by atoms with Crippen molar-refractivity contribution in [2.75, 3.05) is 6.61 Å². The van der Waals surface area contributed by atoms with Crippen molar-refractivity contribution in [2.45, 2.75) is 18.4 Å². The molecule has 0 radical (unpaired) electrons. The standard InChI is InChI=1S/C18H18FNO3/c19-14-7-3-12(4-8-14)18(13-5-9-15(21)10-6-13)16(17(20)22)2-1-11-23-18/h3-10,16,21H,1-2,11H2,(H2,20,22). The first-order valence-corrected chi connectivity index (χ1v) is 7.53. The Morgan fingerprint density at radius 3 is 2.26 bits per heavy atom. The summed E-state index contributed by atoms with van der Waals surface area (Å²) in [4.78, 5) is 12.1. The van der Waals surface area contributed by atoms with Crippen LogP contribution in [0.5, 0.6) is 5.75 Å². The Morgan fingerprint density at radius 1 is 1.13 bits per heavy atom. The van der Waals surface area contributed by atoms with Crippen LogP contribution >= 0.6 is 0 Å². The molecule has 1 heterocycles. The Hall–Kier alpha value is -2.40. The fourth-order valence-electron chi connectivity index (χ4n) is 3.31. The van der Waals surface area contributed by atoms with E-state index in [2.05, 4.69) is 0 Å². The van der Waals surface area contributed by atoms with Gasteiger partial charge in [0.1, 0.15) is 17.2 Å². The fourth-order valence-corrected chi connectivity index (χ4v) is 3.31. The smallest absolute Gasteiger partial charge is 0.224 e. The molecule has 0 spiro atoms. The van der Waals surface area contributed by atoms with Crippen molar-refractivity contribution in [3.8, 4) is 5.75 Å². The quantitative estimate of drug-likeness (QED) is 0.914. The van der Waals surface area contributed by atoms with E-state index in [1.807, 2.05) is 0 Å². The first-order chi connectivity index (χ1) is 11.0. The third-order valence-electron chi connectivity index (χ3n) is 4.37. The second-order valence-electron chi connectivity index (χ2n) is 5.74. The average molecular weight is 315 g/mol. The number of hydrogen-bond acceptors (Lipinski definition) is 3. The number of amides is 1. The van der Waals surface area contributed by atoms with Crippen LogP contribution in [-0.4, -0.2) is 17.6 Å². The van der Waals surface area contributed by atoms with Gasteiger partial charge in [-0.2, -0.15) is 0 Å². The van der Waals surface area contributed by atoms with E-state index in [9.17, 15) is 14.3 Å². The summed E-state index contributed by atoms with van der Waals surface area (Å²) >= 11 is 0. The molecule has 2 aromatic carbocycles. The van der Waals surface area contributed by atoms with Crippen LogP contribution in [0.25, 0.3) is 0 Å². The van der Waals surface area contributed by atoms with Gasteiger partial charge in [-0.1, -0.05) is 24.3 Å². The molecule has 1 aliphatic rings. The first-order valence-electron chi connectivity index (χ1n) is 7.53. The van der Waals surface area contributed by atoms with Crippen molar-refractivity contribution < 1.29 is 19.0 Å². The topological polar surface area (TPSA) is 72.6 Å². The Labute approximate surface area is 133 Å². The summed E-state index contributed by atoms with van der Waals surface area (Å²) in [7, 11) is 0. The van der Waals surface area contributed by atoms with Crippen LogP contribution in [-0.2, 0) is 15.1 Å². The number of phenols is 1. The van der Waals surface area contributed by atoms with Crippen LogP contribution in [0, 0.1) is 11.7 Å². The highest BCUT2D eigenvalue weighted by atomic mass is 19.1. The predicted molar refractivity (Wildman–Crippen MR) is 83.2 cm³/mol. The monoisotopic (exact) mass is 315 g/mol. The molecule has 5 heteroatoms. The SMILES string of the molecule is NC(=O)C1CCCOC1(c1ccc(O)cc1)c1ccc(F)cc1. The Bertz CT molecular complexity index is 652. The number of phenolic OH excluding ortho intramolecular Hbond substituents is 1. The molecule has 2 aromatic rings. The molecule has 0 saturated carbocycles. The molecule has 1 aliphatic heterocycles. The van der Waals surface area contributed by atoms with Crippen LogP contribution in [0.4, 0.5) is 4.39 Å². The normalized spacial score (nSPS) is 24.3. The molecule has 1 saturated heterocycles. The molecular weight excluding hydrogens is 297 g/mol. The number of rotatable bonds is 3. The fraction of sp³-hybridized carbons (Fsp3) is 0.278. The highest BCUT2D eigenvalue weighted by Crippen LogP contribution is 2.45. The van der Waals surface area contributed by atoms with Crippen molar-refractivity contribution >= 4 is 5.91 Å². The van der Waals surface area contributed by atoms with Gasteiger partial charge in [0.2, 0.25) is 5.91 Å². The summed E-state index contributed by atoms with van der Waals surface area (Å²) in [5, 5.41) is 9.54. The highest BCUT2D eigenvalue weighted by Gasteiger charge is 2.48. The van der Waals surface area contributed by atoms with Crippen LogP contribution in [0.3, 0.4) is 0 Å². The van der Waals surface area contributed by atoms with Gasteiger partial charge in [-0.25, -0.2) is 4.39 Å². The highest BCUT2D eigenvalue weighted by molar-refractivity contribution is 5.79. The molecular formula is C18H18FNO3. The van der Waals surface area contributed by atoms with E-state index in [0.29, 0.717) is 24.2 Å². The summed E-state index contributed by atoms with van der Waals surface area (Å²) in [6, 6.07) is 12.4. The molecule has 2 unspecified atom stereocenters. The second-order valence-corrected chi connectivity index (χ2v) is 5.74. The predicted octanol–water partition coefficient (Wildman–Crippen LogP) is 2.69. The number of nitrogens with two attached hydrogens (primary N) is 1. The minimum atomic E-state index is -1.06. The van der Waals surface area contributed by atoms with Gasteiger partial charge in [0.15, 0.2) is 0 Å². The lowest BCUT2D eigenvalue weighted by Crippen LogP contribution is -2.48. The molecule has 0 aromatic heterocycles. The van der Waals surface area contributed by atoms with Gasteiger partial charge in [0.05, 0.1) is 5.92 Å². The van der Waals surface area contributed by atoms with E-state index >= 15 is 0 Å². The maximum Gasteiger partial charge on any atom is 0.224 e. The summed E-state index contributed by atoms with van der Waals surface area (Å²) in [6.07, 6.45) is 1.32. The van der Waals surface area contributed by atoms with Gasteiger partial charge in [0.25, 0.3) is 0 Å². The van der Waals surface area contributed by atoms with Gasteiger partial charge in [-0.15, -0.1) is 0 Å². The van der Waals surface area contributed by atoms with Crippen LogP contribution in [0.1, 0.15) is 24.0 Å². The van der Waals surface area contributed by atoms with Gasteiger partial charge in [-0.05, 0) is 48.2 Å². The molecule has 0 bridgehead atoms. The van der Waals surface area contributed by atoms with Gasteiger partial charge >= 0.3 is 0 Å². The van der Waals surface area contributed by atoms with Crippen molar-refractivity contribution in [1.29, 1.82) is 0 Å². The molecule has 3 N–H and O–H groups in total. The first kappa shape index (κ1) is 15.5. The molecule has 1 amide bonds. The lowest BCUT2D eigenvalue weighted by molar-refractivity contribution is -0.143. The van der Waals surface area contributed by atoms with E-state index in [1.54, 1.807) is 24.3 Å². The van der Waals surface area contributed by atoms with Crippen molar-refractivity contribution in [2.24, 2.45) is 11.7 Å². The zero-order valence-corrected chi connectivity index (χ0v) is 12.5. The Morgan fingerprint density at radius 2 is 1.70 bits per heavy atom. The van der Waals surface area contributed by atoms with Crippen LogP contribution in [0.2, 0.25) is 0 Å². The summed E-state index contributed by atoms with van der Waals surface area (Å²) in [5.74, 6) is -1.26. The number of carbonyl (C=O) groups excluding carboxylic acids is 1. The molecule has 0 aliphatic carbocycles. The van der Waals surface area contributed by atoms with Gasteiger partial charge in [-0.3, -0.25) is 4.79 Å². The lowest BCUT2D eigenvalue weighted by atomic mass is 9.72. The van der Waals surface area contributed by atoms with E-state index in [0.717, 1.165) is 6.42 Å². The van der Waals surface area contributed by atoms with Gasteiger partial charge in [0, 0.05) is 6.61 Å². The van der Waals surface area contributed by atoms with Crippen molar-refractivity contribution in [1.82, 2.24) is 0 Å². The molecule has 1 fully saturated rings. The maximum atomic E-state index is 13.3. The number of aromatic hydroxyl groups is 1. The van der Waals surface area contributed by atoms with Crippen LogP contribution in [0.15, 0.2) is 48.5 Å². The summed E-state index contributed by atoms with van der Waals surface area (Å²) < 4.78 is 19.4. The Balaban J connectivity index is 2.21. The maximum absolute atomic E-state index is 13.3. The van der Waals surface area contributed by atoms with E-state index in [4.69, 9.17) is 10.5 Å². The minimum absolute atomic E-state index is 0.120. The molecule has 4 nitrogen and oxygen atoms in total. The average Bonchev–Trinajstić information content (AvgIpc) is 2.56. The zero-order valence-electron chi connectivity index (χ0n) is 12.5. The minimum Gasteiger partial charge on any atom is -0.508 e. The third-order valence-corrected chi connectivity index (χ3v) is 4.37. The summed E-state index contributed by atoms with van der Waals surface area (Å²) in [6.45, 7) is 0.474. The van der Waals surface area contributed by atoms with E-state index in [-0.39, 0.29) is 11.6 Å². The summed E-state index contributed by atoms with van der Waals surface area (Å²) in [5.41, 5.74) is 5.96. The largest absolute Gasteiger partial charge is 0.508 e. The number of ether oxygens (including phenoxy) is 1. The second kappa shape index (κ2) is 6.01.